The van der Waals surface area contributed by atoms with Crippen LogP contribution in [0.2, 0.25) is 0 Å². The van der Waals surface area contributed by atoms with Crippen LogP contribution in [0.3, 0.4) is 0 Å². The summed E-state index contributed by atoms with van der Waals surface area (Å²) in [7, 11) is 0. The molecule has 0 bridgehead atoms. The fourth-order valence-electron chi connectivity index (χ4n) is 2.25. The molecule has 0 heterocycles. The number of aliphatic hydroxyl groups excluding tert-OH is 1. The molecular weight excluding hydrogens is 274 g/mol. The van der Waals surface area contributed by atoms with Gasteiger partial charge in [0, 0.05) is 12.6 Å². The summed E-state index contributed by atoms with van der Waals surface area (Å²) < 4.78 is 5.62. The van der Waals surface area contributed by atoms with Gasteiger partial charge < -0.3 is 15.2 Å². The van der Waals surface area contributed by atoms with Gasteiger partial charge in [-0.15, -0.1) is 0 Å². The molecule has 2 aromatic rings. The number of aliphatic hydroxyl groups is 1. The van der Waals surface area contributed by atoms with Gasteiger partial charge in [0.1, 0.15) is 18.5 Å². The van der Waals surface area contributed by atoms with Crippen molar-refractivity contribution >= 4 is 0 Å². The number of hydrogen-bond acceptors (Lipinski definition) is 3. The third kappa shape index (κ3) is 5.17. The van der Waals surface area contributed by atoms with E-state index in [1.54, 1.807) is 0 Å². The van der Waals surface area contributed by atoms with Gasteiger partial charge >= 0.3 is 0 Å². The highest BCUT2D eigenvalue weighted by atomic mass is 16.5. The summed E-state index contributed by atoms with van der Waals surface area (Å²) in [6, 6.07) is 18.4. The van der Waals surface area contributed by atoms with Crippen molar-refractivity contribution in [1.29, 1.82) is 0 Å². The predicted molar refractivity (Wildman–Crippen MR) is 90.2 cm³/mol. The molecule has 0 amide bonds. The largest absolute Gasteiger partial charge is 0.491 e. The van der Waals surface area contributed by atoms with Crippen molar-refractivity contribution in [2.75, 3.05) is 13.2 Å². The summed E-state index contributed by atoms with van der Waals surface area (Å²) in [5.74, 6) is 0.798. The molecule has 0 aliphatic heterocycles. The Bertz CT molecular complexity index is 539. The molecule has 0 aromatic heterocycles. The minimum Gasteiger partial charge on any atom is -0.491 e. The van der Waals surface area contributed by atoms with Gasteiger partial charge in [-0.05, 0) is 36.6 Å². The molecule has 0 spiro atoms. The Morgan fingerprint density at radius 3 is 2.36 bits per heavy atom. The van der Waals surface area contributed by atoms with Crippen molar-refractivity contribution in [1.82, 2.24) is 5.32 Å². The summed E-state index contributed by atoms with van der Waals surface area (Å²) in [6.07, 6.45) is 0.488. The Kier molecular flexibility index (Phi) is 6.44. The molecule has 2 rings (SSSR count). The third-order valence-electron chi connectivity index (χ3n) is 3.73. The highest BCUT2D eigenvalue weighted by Crippen LogP contribution is 2.13. The lowest BCUT2D eigenvalue weighted by Gasteiger charge is -2.18. The van der Waals surface area contributed by atoms with E-state index in [0.717, 1.165) is 12.2 Å². The van der Waals surface area contributed by atoms with Crippen LogP contribution in [0.5, 0.6) is 5.75 Å². The van der Waals surface area contributed by atoms with Crippen LogP contribution in [-0.4, -0.2) is 24.4 Å². The monoisotopic (exact) mass is 299 g/mol. The average Bonchev–Trinajstić information content (AvgIpc) is 2.59. The van der Waals surface area contributed by atoms with E-state index in [4.69, 9.17) is 4.74 Å². The number of aryl methyl sites for hydroxylation is 1. The molecule has 2 N–H and O–H groups in total. The van der Waals surface area contributed by atoms with Crippen LogP contribution in [0.1, 0.15) is 31.0 Å². The smallest absolute Gasteiger partial charge is 0.119 e. The molecule has 0 aliphatic rings. The maximum absolute atomic E-state index is 10.0. The van der Waals surface area contributed by atoms with E-state index in [-0.39, 0.29) is 6.04 Å². The Morgan fingerprint density at radius 2 is 1.73 bits per heavy atom. The van der Waals surface area contributed by atoms with E-state index in [1.807, 2.05) is 30.3 Å². The summed E-state index contributed by atoms with van der Waals surface area (Å²) in [5.41, 5.74) is 2.50. The average molecular weight is 299 g/mol. The lowest BCUT2D eigenvalue weighted by Crippen LogP contribution is -2.33. The van der Waals surface area contributed by atoms with Crippen molar-refractivity contribution in [3.8, 4) is 5.75 Å². The minimum atomic E-state index is -0.531. The topological polar surface area (TPSA) is 41.5 Å². The van der Waals surface area contributed by atoms with Gasteiger partial charge in [-0.1, -0.05) is 49.4 Å². The SMILES string of the molecule is CCc1ccc(OC[C@@H](O)CN[C@@H](C)c2ccccc2)cc1. The molecule has 118 valence electrons. The second kappa shape index (κ2) is 8.57. The van der Waals surface area contributed by atoms with Crippen LogP contribution in [0.4, 0.5) is 0 Å². The molecular formula is C19H25NO2. The van der Waals surface area contributed by atoms with Crippen LogP contribution in [-0.2, 0) is 6.42 Å². The van der Waals surface area contributed by atoms with Crippen LogP contribution in [0.15, 0.2) is 54.6 Å². The van der Waals surface area contributed by atoms with E-state index < -0.39 is 6.10 Å². The molecule has 0 fully saturated rings. The summed E-state index contributed by atoms with van der Waals surface area (Å²) in [4.78, 5) is 0. The van der Waals surface area contributed by atoms with E-state index in [2.05, 4.69) is 43.4 Å². The van der Waals surface area contributed by atoms with Crippen LogP contribution in [0, 0.1) is 0 Å². The van der Waals surface area contributed by atoms with E-state index >= 15 is 0 Å². The first-order chi connectivity index (χ1) is 10.7. The van der Waals surface area contributed by atoms with Gasteiger partial charge in [-0.2, -0.15) is 0 Å². The number of hydrogen-bond donors (Lipinski definition) is 2. The van der Waals surface area contributed by atoms with Gasteiger partial charge in [0.15, 0.2) is 0 Å². The zero-order chi connectivity index (χ0) is 15.8. The highest BCUT2D eigenvalue weighted by molar-refractivity contribution is 5.27. The van der Waals surface area contributed by atoms with Crippen molar-refractivity contribution in [2.24, 2.45) is 0 Å². The van der Waals surface area contributed by atoms with Crippen molar-refractivity contribution < 1.29 is 9.84 Å². The fourth-order valence-corrected chi connectivity index (χ4v) is 2.25. The number of benzene rings is 2. The van der Waals surface area contributed by atoms with Gasteiger partial charge in [-0.3, -0.25) is 0 Å². The van der Waals surface area contributed by atoms with E-state index in [0.29, 0.717) is 13.2 Å². The van der Waals surface area contributed by atoms with E-state index in [9.17, 15) is 5.11 Å². The zero-order valence-corrected chi connectivity index (χ0v) is 13.3. The Morgan fingerprint density at radius 1 is 1.05 bits per heavy atom. The Balaban J connectivity index is 1.72. The second-order valence-corrected chi connectivity index (χ2v) is 5.50. The summed E-state index contributed by atoms with van der Waals surface area (Å²) in [5, 5.41) is 13.3. The molecule has 2 aromatic carbocycles. The van der Waals surface area contributed by atoms with Gasteiger partial charge in [0.25, 0.3) is 0 Å². The number of rotatable bonds is 8. The summed E-state index contributed by atoms with van der Waals surface area (Å²) in [6.45, 7) is 5.01. The maximum Gasteiger partial charge on any atom is 0.119 e. The first kappa shape index (κ1) is 16.5. The molecule has 0 radical (unpaired) electrons. The Hall–Kier alpha value is -1.84. The quantitative estimate of drug-likeness (QED) is 0.785. The fraction of sp³-hybridized carbons (Fsp3) is 0.368. The molecule has 2 atom stereocenters. The second-order valence-electron chi connectivity index (χ2n) is 5.50. The van der Waals surface area contributed by atoms with Gasteiger partial charge in [0.2, 0.25) is 0 Å². The lowest BCUT2D eigenvalue weighted by molar-refractivity contribution is 0.104. The first-order valence-corrected chi connectivity index (χ1v) is 7.87. The minimum absolute atomic E-state index is 0.208. The van der Waals surface area contributed by atoms with Crippen molar-refractivity contribution in [2.45, 2.75) is 32.4 Å². The van der Waals surface area contributed by atoms with Crippen molar-refractivity contribution in [3.05, 3.63) is 65.7 Å². The molecule has 0 aliphatic carbocycles. The van der Waals surface area contributed by atoms with Crippen LogP contribution < -0.4 is 10.1 Å². The standard InChI is InChI=1S/C19H25NO2/c1-3-16-9-11-19(12-10-16)22-14-18(21)13-20-15(2)17-7-5-4-6-8-17/h4-12,15,18,20-21H,3,13-14H2,1-2H3/t15-,18-/m0/s1. The number of ether oxygens (including phenoxy) is 1. The van der Waals surface area contributed by atoms with Crippen molar-refractivity contribution in [3.63, 3.8) is 0 Å². The lowest BCUT2D eigenvalue weighted by atomic mass is 10.1. The van der Waals surface area contributed by atoms with E-state index in [1.165, 1.54) is 11.1 Å². The molecule has 0 saturated heterocycles. The summed E-state index contributed by atoms with van der Waals surface area (Å²) >= 11 is 0. The zero-order valence-electron chi connectivity index (χ0n) is 13.3. The third-order valence-corrected chi connectivity index (χ3v) is 3.73. The molecule has 3 nitrogen and oxygen atoms in total. The predicted octanol–water partition coefficient (Wildman–Crippen LogP) is 3.34. The molecule has 22 heavy (non-hydrogen) atoms. The Labute approximate surface area is 133 Å². The van der Waals surface area contributed by atoms with Gasteiger partial charge in [0.05, 0.1) is 0 Å². The first-order valence-electron chi connectivity index (χ1n) is 7.87. The van der Waals surface area contributed by atoms with Gasteiger partial charge in [-0.25, -0.2) is 0 Å². The molecule has 0 saturated carbocycles. The molecule has 3 heteroatoms. The highest BCUT2D eigenvalue weighted by Gasteiger charge is 2.09. The maximum atomic E-state index is 10.0. The van der Waals surface area contributed by atoms with Crippen LogP contribution >= 0.6 is 0 Å². The molecule has 0 unspecified atom stereocenters. The normalized spacial score (nSPS) is 13.6. The number of nitrogens with one attached hydrogen (secondary N) is 1. The van der Waals surface area contributed by atoms with Crippen LogP contribution in [0.25, 0.3) is 0 Å².